The van der Waals surface area contributed by atoms with Gasteiger partial charge in [0.25, 0.3) is 0 Å². The summed E-state index contributed by atoms with van der Waals surface area (Å²) in [4.78, 5) is 0. The average molecular weight is 538 g/mol. The second-order valence-electron chi connectivity index (χ2n) is 11.1. The third kappa shape index (κ3) is 9.58. The average Bonchev–Trinajstić information content (AvgIpc) is 2.99. The molecule has 0 spiro atoms. The Morgan fingerprint density at radius 1 is 0.625 bits per heavy atom. The quantitative estimate of drug-likeness (QED) is 0.120. The van der Waals surface area contributed by atoms with Gasteiger partial charge in [0.15, 0.2) is 12.7 Å². The smallest absolute Gasteiger partial charge is 0.0910 e. The van der Waals surface area contributed by atoms with Crippen LogP contribution in [0.1, 0.15) is 114 Å². The van der Waals surface area contributed by atoms with Crippen LogP contribution in [0.15, 0.2) is 72.0 Å². The third-order valence-electron chi connectivity index (χ3n) is 7.83. The van der Waals surface area contributed by atoms with Gasteiger partial charge in [0.2, 0.25) is 0 Å². The molecule has 40 heavy (non-hydrogen) atoms. The lowest BCUT2D eigenvalue weighted by Gasteiger charge is -2.16. The molecular formula is C38H53N2+. The Labute approximate surface area is 245 Å². The maximum absolute atomic E-state index is 5.15. The minimum absolute atomic E-state index is 0.830. The zero-order valence-electron chi connectivity index (χ0n) is 26.0. The van der Waals surface area contributed by atoms with Crippen molar-refractivity contribution in [2.24, 2.45) is 5.11 Å². The van der Waals surface area contributed by atoms with Gasteiger partial charge in [0.1, 0.15) is 5.69 Å². The summed E-state index contributed by atoms with van der Waals surface area (Å²) in [7, 11) is 0. The van der Waals surface area contributed by atoms with E-state index in [9.17, 15) is 0 Å². The molecule has 2 heteroatoms. The molecule has 0 amide bonds. The Hall–Kier alpha value is -3.00. The molecule has 0 aliphatic heterocycles. The first-order valence-corrected chi connectivity index (χ1v) is 16.1. The summed E-state index contributed by atoms with van der Waals surface area (Å²) in [6.07, 6.45) is 18.8. The van der Waals surface area contributed by atoms with E-state index in [0.717, 1.165) is 25.1 Å². The van der Waals surface area contributed by atoms with Gasteiger partial charge >= 0.3 is 0 Å². The summed E-state index contributed by atoms with van der Waals surface area (Å²) < 4.78 is 2.09. The van der Waals surface area contributed by atoms with E-state index in [2.05, 4.69) is 112 Å². The molecule has 0 saturated heterocycles. The monoisotopic (exact) mass is 537 g/mol. The van der Waals surface area contributed by atoms with Crippen molar-refractivity contribution >= 4 is 11.8 Å². The molecule has 214 valence electrons. The summed E-state index contributed by atoms with van der Waals surface area (Å²) in [6.45, 7) is 12.1. The molecule has 0 fully saturated rings. The molecule has 0 aliphatic rings. The number of nitrogens with zero attached hydrogens (tertiary/aromatic N) is 2. The molecule has 0 aliphatic carbocycles. The lowest BCUT2D eigenvalue weighted by Crippen LogP contribution is -2.02. The van der Waals surface area contributed by atoms with E-state index < -0.39 is 0 Å². The minimum atomic E-state index is 0.830. The molecule has 3 aromatic rings. The minimum Gasteiger partial charge on any atom is -0.0910 e. The molecule has 0 aromatic heterocycles. The number of hydrogen-bond donors (Lipinski definition) is 0. The Kier molecular flexibility index (Phi) is 13.9. The number of hydrogen-bond acceptors (Lipinski definition) is 1. The van der Waals surface area contributed by atoms with E-state index in [1.165, 1.54) is 103 Å². The molecule has 0 atom stereocenters. The first kappa shape index (κ1) is 31.5. The van der Waals surface area contributed by atoms with Gasteiger partial charge < -0.3 is 0 Å². The predicted octanol–water partition coefficient (Wildman–Crippen LogP) is 11.5. The summed E-state index contributed by atoms with van der Waals surface area (Å²) in [5, 5.41) is 5.15. The van der Waals surface area contributed by atoms with Crippen LogP contribution in [0.2, 0.25) is 0 Å². The molecule has 3 aromatic carbocycles. The second kappa shape index (κ2) is 17.6. The standard InChI is InChI=1S/C38H53N2/c1-6-11-18-32-25-24-31(28-34(32)19-12-7-2)26-27-40(10-5)39-36-29-35(20-13-8-3)37(23-14-9-4)38(30-36)33-21-16-15-17-22-33/h15-17,21-22,24-30H,6-14,18-20,23H2,1-5H3/q+1. The summed E-state index contributed by atoms with van der Waals surface area (Å²) in [5.41, 5.74) is 11.0. The lowest BCUT2D eigenvalue weighted by atomic mass is 9.89. The van der Waals surface area contributed by atoms with Crippen molar-refractivity contribution in [3.8, 4) is 11.1 Å². The van der Waals surface area contributed by atoms with Gasteiger partial charge in [0, 0.05) is 6.08 Å². The molecule has 0 saturated carbocycles. The van der Waals surface area contributed by atoms with Crippen LogP contribution in [0.5, 0.6) is 0 Å². The van der Waals surface area contributed by atoms with Crippen molar-refractivity contribution in [2.75, 3.05) is 6.54 Å². The van der Waals surface area contributed by atoms with Crippen molar-refractivity contribution in [3.63, 3.8) is 0 Å². The van der Waals surface area contributed by atoms with E-state index in [1.54, 1.807) is 0 Å². The highest BCUT2D eigenvalue weighted by Gasteiger charge is 2.14. The largest absolute Gasteiger partial charge is 0.196 e. The van der Waals surface area contributed by atoms with Crippen LogP contribution < -0.4 is 0 Å². The maximum Gasteiger partial charge on any atom is 0.196 e. The molecule has 0 unspecified atom stereocenters. The molecule has 0 N–H and O–H groups in total. The van der Waals surface area contributed by atoms with Crippen LogP contribution in [0.25, 0.3) is 17.2 Å². The van der Waals surface area contributed by atoms with Crippen molar-refractivity contribution < 1.29 is 4.70 Å². The maximum atomic E-state index is 5.15. The van der Waals surface area contributed by atoms with Gasteiger partial charge in [-0.15, -0.1) is 0 Å². The fraction of sp³-hybridized carbons (Fsp3) is 0.474. The van der Waals surface area contributed by atoms with Gasteiger partial charge in [-0.3, -0.25) is 0 Å². The number of azo groups is 2. The number of rotatable bonds is 17. The highest BCUT2D eigenvalue weighted by Crippen LogP contribution is 2.33. The van der Waals surface area contributed by atoms with Crippen molar-refractivity contribution in [1.29, 1.82) is 0 Å². The third-order valence-corrected chi connectivity index (χ3v) is 7.83. The zero-order valence-corrected chi connectivity index (χ0v) is 26.0. The SMILES string of the molecule is CCCCc1ccc(C=C[N+](CC)=Nc2cc(CCCC)c(CCCC)c(-c3ccccc3)c2)cc1CCCC. The highest BCUT2D eigenvalue weighted by molar-refractivity contribution is 5.72. The Balaban J connectivity index is 1.98. The van der Waals surface area contributed by atoms with E-state index in [1.807, 2.05) is 0 Å². The molecule has 0 heterocycles. The van der Waals surface area contributed by atoms with E-state index >= 15 is 0 Å². The Morgan fingerprint density at radius 3 is 1.90 bits per heavy atom. The lowest BCUT2D eigenvalue weighted by molar-refractivity contribution is -0.519. The zero-order chi connectivity index (χ0) is 28.6. The molecule has 0 bridgehead atoms. The van der Waals surface area contributed by atoms with Gasteiger partial charge in [-0.25, -0.2) is 0 Å². The van der Waals surface area contributed by atoms with Gasteiger partial charge in [-0.05, 0) is 114 Å². The van der Waals surface area contributed by atoms with Crippen LogP contribution in [0, 0.1) is 0 Å². The van der Waals surface area contributed by atoms with Crippen LogP contribution in [0.4, 0.5) is 5.69 Å². The molecular weight excluding hydrogens is 484 g/mol. The van der Waals surface area contributed by atoms with Crippen LogP contribution in [-0.2, 0) is 25.7 Å². The van der Waals surface area contributed by atoms with Crippen LogP contribution in [-0.4, -0.2) is 11.2 Å². The summed E-state index contributed by atoms with van der Waals surface area (Å²) >= 11 is 0. The van der Waals surface area contributed by atoms with E-state index in [0.29, 0.717) is 0 Å². The van der Waals surface area contributed by atoms with Gasteiger partial charge in [0.05, 0.1) is 0 Å². The number of benzene rings is 3. The summed E-state index contributed by atoms with van der Waals surface area (Å²) in [6, 6.07) is 22.6. The summed E-state index contributed by atoms with van der Waals surface area (Å²) in [5.74, 6) is 0. The Morgan fingerprint density at radius 2 is 1.25 bits per heavy atom. The highest BCUT2D eigenvalue weighted by atomic mass is 15.2. The van der Waals surface area contributed by atoms with Crippen LogP contribution in [0.3, 0.4) is 0 Å². The second-order valence-corrected chi connectivity index (χ2v) is 11.1. The predicted molar refractivity (Wildman–Crippen MR) is 175 cm³/mol. The van der Waals surface area contributed by atoms with Crippen molar-refractivity contribution in [1.82, 2.24) is 0 Å². The first-order valence-electron chi connectivity index (χ1n) is 16.1. The molecule has 0 radical (unpaired) electrons. The van der Waals surface area contributed by atoms with Crippen molar-refractivity contribution in [3.05, 3.63) is 94.7 Å². The fourth-order valence-electron chi connectivity index (χ4n) is 5.38. The number of aryl methyl sites for hydroxylation is 3. The van der Waals surface area contributed by atoms with Crippen LogP contribution >= 0.6 is 0 Å². The molecule has 3 rings (SSSR count). The van der Waals surface area contributed by atoms with Crippen molar-refractivity contribution in [2.45, 2.75) is 112 Å². The fourth-order valence-corrected chi connectivity index (χ4v) is 5.38. The number of unbranched alkanes of at least 4 members (excludes halogenated alkanes) is 4. The Bertz CT molecular complexity index is 1220. The van der Waals surface area contributed by atoms with E-state index in [-0.39, 0.29) is 0 Å². The van der Waals surface area contributed by atoms with Gasteiger partial charge in [-0.2, -0.15) is 0 Å². The van der Waals surface area contributed by atoms with E-state index in [4.69, 9.17) is 5.11 Å². The first-order chi connectivity index (χ1) is 19.6. The topological polar surface area (TPSA) is 15.4 Å². The normalized spacial score (nSPS) is 12.0. The molecule has 2 nitrogen and oxygen atoms in total. The van der Waals surface area contributed by atoms with Gasteiger partial charge in [-0.1, -0.05) is 107 Å².